The number of rotatable bonds is 5. The maximum atomic E-state index is 9.82. The van der Waals surface area contributed by atoms with E-state index in [0.717, 1.165) is 74.0 Å². The Labute approximate surface area is 236 Å². The first kappa shape index (κ1) is 30.8. The van der Waals surface area contributed by atoms with Crippen molar-refractivity contribution >= 4 is 18.4 Å². The monoisotopic (exact) mass is 565 g/mol. The van der Waals surface area contributed by atoms with Crippen LogP contribution in [0.4, 0.5) is 0 Å². The summed E-state index contributed by atoms with van der Waals surface area (Å²) in [6.45, 7) is 8.88. The maximum Gasteiger partial charge on any atom is 0.302 e. The molecule has 0 fully saturated rings. The molecule has 2 unspecified atom stereocenters. The predicted octanol–water partition coefficient (Wildman–Crippen LogP) is 5.07. The van der Waals surface area contributed by atoms with E-state index in [1.165, 1.54) is 23.6 Å². The summed E-state index contributed by atoms with van der Waals surface area (Å²) in [5, 5.41) is 3.15. The summed E-state index contributed by atoms with van der Waals surface area (Å²) >= 11 is 0. The van der Waals surface area contributed by atoms with Crippen LogP contribution in [0, 0.1) is 0 Å². The molecular formula is C29H40ClNO8. The molecule has 4 aliphatic heterocycles. The van der Waals surface area contributed by atoms with Crippen LogP contribution >= 0.6 is 12.4 Å². The SMILES string of the molecule is CCCC1OCCc2ccc3c(c21)OCO3.CCOC(C)=O.CNCC1OCCc2ccc3c(c21)OCO3.Cl. The Morgan fingerprint density at radius 2 is 1.41 bits per heavy atom. The molecule has 10 heteroatoms. The van der Waals surface area contributed by atoms with Crippen molar-refractivity contribution in [2.24, 2.45) is 0 Å². The van der Waals surface area contributed by atoms with Crippen molar-refractivity contribution in [3.63, 3.8) is 0 Å². The third-order valence-electron chi connectivity index (χ3n) is 6.65. The number of nitrogens with one attached hydrogen (secondary N) is 1. The number of fused-ring (bicyclic) bond motifs is 6. The summed E-state index contributed by atoms with van der Waals surface area (Å²) in [5.41, 5.74) is 5.06. The van der Waals surface area contributed by atoms with Crippen molar-refractivity contribution < 1.29 is 38.0 Å². The first-order valence-electron chi connectivity index (χ1n) is 13.4. The zero-order chi connectivity index (χ0) is 26.9. The highest BCUT2D eigenvalue weighted by atomic mass is 35.5. The molecule has 2 aromatic carbocycles. The van der Waals surface area contributed by atoms with Crippen molar-refractivity contribution in [3.05, 3.63) is 46.5 Å². The van der Waals surface area contributed by atoms with Gasteiger partial charge < -0.3 is 38.5 Å². The zero-order valence-corrected chi connectivity index (χ0v) is 24.0. The highest BCUT2D eigenvalue weighted by molar-refractivity contribution is 5.85. The summed E-state index contributed by atoms with van der Waals surface area (Å²) in [6.07, 6.45) is 4.36. The molecule has 2 aromatic rings. The van der Waals surface area contributed by atoms with Crippen LogP contribution < -0.4 is 24.3 Å². The average molecular weight is 566 g/mol. The van der Waals surface area contributed by atoms with Gasteiger partial charge in [-0.1, -0.05) is 25.5 Å². The number of hydrogen-bond acceptors (Lipinski definition) is 9. The molecule has 1 N–H and O–H groups in total. The normalized spacial score (nSPS) is 19.2. The van der Waals surface area contributed by atoms with Crippen molar-refractivity contribution in [1.82, 2.24) is 5.32 Å². The van der Waals surface area contributed by atoms with Gasteiger partial charge in [0.25, 0.3) is 0 Å². The van der Waals surface area contributed by atoms with Crippen LogP contribution in [0.2, 0.25) is 0 Å². The maximum absolute atomic E-state index is 9.82. The summed E-state index contributed by atoms with van der Waals surface area (Å²) in [7, 11) is 1.93. The first-order chi connectivity index (χ1) is 18.6. The van der Waals surface area contributed by atoms with E-state index in [0.29, 0.717) is 20.2 Å². The Balaban J connectivity index is 0.000000176. The number of benzene rings is 2. The summed E-state index contributed by atoms with van der Waals surface area (Å²) in [5.74, 6) is 3.28. The first-order valence-corrected chi connectivity index (χ1v) is 13.4. The van der Waals surface area contributed by atoms with E-state index in [-0.39, 0.29) is 30.6 Å². The van der Waals surface area contributed by atoms with E-state index in [2.05, 4.69) is 29.1 Å². The minimum atomic E-state index is -0.211. The van der Waals surface area contributed by atoms with Crippen LogP contribution in [0.5, 0.6) is 23.0 Å². The zero-order valence-electron chi connectivity index (χ0n) is 23.2. The number of likely N-dealkylation sites (N-methyl/N-ethyl adjacent to an activating group) is 1. The Morgan fingerprint density at radius 3 is 1.87 bits per heavy atom. The quantitative estimate of drug-likeness (QED) is 0.499. The number of carbonyl (C=O) groups excluding carboxylic acids is 1. The van der Waals surface area contributed by atoms with Crippen LogP contribution in [0.3, 0.4) is 0 Å². The van der Waals surface area contributed by atoms with Crippen molar-refractivity contribution in [2.45, 2.75) is 58.7 Å². The minimum absolute atomic E-state index is 0. The van der Waals surface area contributed by atoms with Gasteiger partial charge in [0.2, 0.25) is 13.6 Å². The average Bonchev–Trinajstić information content (AvgIpc) is 3.60. The van der Waals surface area contributed by atoms with Gasteiger partial charge in [-0.3, -0.25) is 4.79 Å². The molecule has 0 amide bonds. The number of ether oxygens (including phenoxy) is 7. The third kappa shape index (κ3) is 7.48. The molecule has 6 rings (SSSR count). The van der Waals surface area contributed by atoms with E-state index < -0.39 is 0 Å². The molecule has 0 saturated carbocycles. The van der Waals surface area contributed by atoms with Gasteiger partial charge in [0.15, 0.2) is 23.0 Å². The fourth-order valence-electron chi connectivity index (χ4n) is 5.04. The van der Waals surface area contributed by atoms with Crippen molar-refractivity contribution in [2.75, 3.05) is 47.0 Å². The lowest BCUT2D eigenvalue weighted by Gasteiger charge is -2.26. The van der Waals surface area contributed by atoms with Crippen LogP contribution in [-0.4, -0.2) is 53.0 Å². The second-order valence-electron chi connectivity index (χ2n) is 9.23. The van der Waals surface area contributed by atoms with E-state index in [9.17, 15) is 4.79 Å². The fourth-order valence-corrected chi connectivity index (χ4v) is 5.04. The third-order valence-corrected chi connectivity index (χ3v) is 6.65. The van der Waals surface area contributed by atoms with Crippen LogP contribution in [0.15, 0.2) is 24.3 Å². The molecule has 2 atom stereocenters. The van der Waals surface area contributed by atoms with Crippen molar-refractivity contribution in [3.8, 4) is 23.0 Å². The van der Waals surface area contributed by atoms with Gasteiger partial charge in [-0.2, -0.15) is 0 Å². The smallest absolute Gasteiger partial charge is 0.302 e. The summed E-state index contributed by atoms with van der Waals surface area (Å²) in [4.78, 5) is 9.82. The van der Waals surface area contributed by atoms with E-state index in [4.69, 9.17) is 28.4 Å². The number of esters is 1. The van der Waals surface area contributed by atoms with Gasteiger partial charge in [0.1, 0.15) is 0 Å². The molecule has 9 nitrogen and oxygen atoms in total. The standard InChI is InChI=1S/C13H16O3.C12H15NO3.C4H8O2.ClH/c1-2-3-10-12-9(6-7-14-10)4-5-11-13(12)16-8-15-11;1-13-6-10-11-8(4-5-14-10)2-3-9-12(11)16-7-15-9;1-3-6-4(2)5;/h4-5,10H,2-3,6-8H2,1H3;2-3,10,13H,4-7H2,1H3;3H2,1-2H3;1H. The second-order valence-corrected chi connectivity index (χ2v) is 9.23. The Bertz CT molecular complexity index is 1020. The Kier molecular flexibility index (Phi) is 12.0. The molecule has 0 aromatic heterocycles. The van der Waals surface area contributed by atoms with Gasteiger partial charge in [-0.15, -0.1) is 12.4 Å². The number of halogens is 1. The van der Waals surface area contributed by atoms with Gasteiger partial charge in [0.05, 0.1) is 32.0 Å². The lowest BCUT2D eigenvalue weighted by molar-refractivity contribution is -0.140. The fraction of sp³-hybridized carbons (Fsp3) is 0.552. The topological polar surface area (TPSA) is 93.7 Å². The summed E-state index contributed by atoms with van der Waals surface area (Å²) < 4.78 is 37.9. The van der Waals surface area contributed by atoms with E-state index in [1.807, 2.05) is 19.2 Å². The van der Waals surface area contributed by atoms with E-state index >= 15 is 0 Å². The van der Waals surface area contributed by atoms with Crippen LogP contribution in [0.1, 0.15) is 68.1 Å². The Morgan fingerprint density at radius 1 is 0.872 bits per heavy atom. The van der Waals surface area contributed by atoms with E-state index in [1.54, 1.807) is 6.92 Å². The summed E-state index contributed by atoms with van der Waals surface area (Å²) in [6, 6.07) is 8.26. The molecule has 0 spiro atoms. The molecule has 4 heterocycles. The highest BCUT2D eigenvalue weighted by Crippen LogP contribution is 2.45. The molecule has 39 heavy (non-hydrogen) atoms. The lowest BCUT2D eigenvalue weighted by atomic mass is 9.93. The molecule has 216 valence electrons. The van der Waals surface area contributed by atoms with Crippen molar-refractivity contribution in [1.29, 1.82) is 0 Å². The predicted molar refractivity (Wildman–Crippen MR) is 148 cm³/mol. The van der Waals surface area contributed by atoms with Crippen LogP contribution in [0.25, 0.3) is 0 Å². The minimum Gasteiger partial charge on any atom is -0.466 e. The second kappa shape index (κ2) is 15.2. The van der Waals surface area contributed by atoms with Gasteiger partial charge in [0, 0.05) is 24.6 Å². The molecule has 0 aliphatic carbocycles. The molecule has 0 bridgehead atoms. The van der Waals surface area contributed by atoms with Gasteiger partial charge in [-0.25, -0.2) is 0 Å². The van der Waals surface area contributed by atoms with Gasteiger partial charge >= 0.3 is 5.97 Å². The Hall–Kier alpha value is -2.72. The van der Waals surface area contributed by atoms with Crippen LogP contribution in [-0.2, 0) is 31.8 Å². The lowest BCUT2D eigenvalue weighted by Crippen LogP contribution is -2.25. The molecule has 0 radical (unpaired) electrons. The highest BCUT2D eigenvalue weighted by Gasteiger charge is 2.30. The molecular weight excluding hydrogens is 526 g/mol. The molecule has 0 saturated heterocycles. The number of carbonyl (C=O) groups is 1. The largest absolute Gasteiger partial charge is 0.466 e. The van der Waals surface area contributed by atoms with Gasteiger partial charge in [-0.05, 0) is 56.5 Å². The molecule has 4 aliphatic rings. The number of hydrogen-bond donors (Lipinski definition) is 1.